The Morgan fingerprint density at radius 1 is 1.18 bits per heavy atom. The Morgan fingerprint density at radius 2 is 1.97 bits per heavy atom. The minimum absolute atomic E-state index is 0.112. The second kappa shape index (κ2) is 9.98. The molecule has 0 amide bonds. The van der Waals surface area contributed by atoms with Crippen LogP contribution in [0.15, 0.2) is 40.3 Å². The standard InChI is InChI=1S/C30H33N3O5/c1-2-30(36)24-14-25-27-22(16-33(25)28(34)23(24)18-37-29(30)35)13-20-11-8-12-21(26(20)32-27)15-31-38-17-19-9-6-4-3-5-7-10-19/h8,11-15,19,36H,2-7,9-10,16-18H2,1H3/b31-15+/t30-/m0/s1. The molecule has 1 saturated carbocycles. The Hall–Kier alpha value is -3.52. The van der Waals surface area contributed by atoms with E-state index in [1.54, 1.807) is 23.8 Å². The molecule has 1 aliphatic carbocycles. The number of pyridine rings is 2. The quantitative estimate of drug-likeness (QED) is 0.233. The van der Waals surface area contributed by atoms with Gasteiger partial charge in [-0.1, -0.05) is 62.4 Å². The monoisotopic (exact) mass is 515 g/mol. The first-order chi connectivity index (χ1) is 18.5. The molecule has 0 saturated heterocycles. The zero-order chi connectivity index (χ0) is 26.3. The van der Waals surface area contributed by atoms with Crippen LogP contribution in [0.3, 0.4) is 0 Å². The Balaban J connectivity index is 1.33. The number of aliphatic hydroxyl groups is 1. The molecule has 1 fully saturated rings. The molecule has 8 nitrogen and oxygen atoms in total. The maximum atomic E-state index is 13.4. The van der Waals surface area contributed by atoms with Crippen molar-refractivity contribution in [2.45, 2.75) is 77.0 Å². The minimum atomic E-state index is -1.84. The van der Waals surface area contributed by atoms with Gasteiger partial charge in [0.15, 0.2) is 5.60 Å². The van der Waals surface area contributed by atoms with Crippen LogP contribution in [0.4, 0.5) is 0 Å². The minimum Gasteiger partial charge on any atom is -0.458 e. The molecular formula is C30H33N3O5. The van der Waals surface area contributed by atoms with Crippen molar-refractivity contribution in [1.29, 1.82) is 0 Å². The van der Waals surface area contributed by atoms with Crippen molar-refractivity contribution in [1.82, 2.24) is 9.55 Å². The summed E-state index contributed by atoms with van der Waals surface area (Å²) in [5.41, 5.74) is 2.31. The highest BCUT2D eigenvalue weighted by Crippen LogP contribution is 2.38. The summed E-state index contributed by atoms with van der Waals surface area (Å²) in [7, 11) is 0. The van der Waals surface area contributed by atoms with E-state index in [4.69, 9.17) is 14.6 Å². The number of benzene rings is 1. The van der Waals surface area contributed by atoms with Gasteiger partial charge in [-0.25, -0.2) is 9.78 Å². The summed E-state index contributed by atoms with van der Waals surface area (Å²) in [5, 5.41) is 16.3. The van der Waals surface area contributed by atoms with Crippen LogP contribution in [0.5, 0.6) is 0 Å². The average Bonchev–Trinajstić information content (AvgIpc) is 3.26. The van der Waals surface area contributed by atoms with Gasteiger partial charge in [0.2, 0.25) is 0 Å². The number of cyclic esters (lactones) is 1. The third-order valence-corrected chi connectivity index (χ3v) is 8.37. The molecule has 0 bridgehead atoms. The predicted molar refractivity (Wildman–Crippen MR) is 144 cm³/mol. The third kappa shape index (κ3) is 4.21. The van der Waals surface area contributed by atoms with Crippen molar-refractivity contribution in [3.05, 3.63) is 62.9 Å². The van der Waals surface area contributed by atoms with Crippen LogP contribution in [-0.4, -0.2) is 33.4 Å². The molecule has 2 aromatic heterocycles. The highest BCUT2D eigenvalue weighted by Gasteiger charge is 2.45. The molecule has 38 heavy (non-hydrogen) atoms. The van der Waals surface area contributed by atoms with E-state index in [0.717, 1.165) is 22.0 Å². The zero-order valence-electron chi connectivity index (χ0n) is 21.7. The molecule has 4 heterocycles. The van der Waals surface area contributed by atoms with Crippen LogP contribution in [0.25, 0.3) is 22.3 Å². The topological polar surface area (TPSA) is 103 Å². The van der Waals surface area contributed by atoms with E-state index in [1.165, 1.54) is 44.9 Å². The van der Waals surface area contributed by atoms with Crippen molar-refractivity contribution in [3.63, 3.8) is 0 Å². The van der Waals surface area contributed by atoms with Gasteiger partial charge in [-0.2, -0.15) is 0 Å². The SMILES string of the molecule is CC[C@@]1(O)C(=O)OCc2c1cc1n(c2=O)Cc2cc3cccc(/C=N/OCC4CCCCCCC4)c3nc2-1. The lowest BCUT2D eigenvalue weighted by molar-refractivity contribution is -0.172. The van der Waals surface area contributed by atoms with E-state index in [0.29, 0.717) is 41.6 Å². The number of carbonyl (C=O) groups excluding carboxylic acids is 1. The maximum absolute atomic E-state index is 13.4. The first-order valence-corrected chi connectivity index (χ1v) is 13.7. The molecule has 0 unspecified atom stereocenters. The zero-order valence-corrected chi connectivity index (χ0v) is 21.7. The highest BCUT2D eigenvalue weighted by molar-refractivity contribution is 5.98. The number of fused-ring (bicyclic) bond motifs is 5. The van der Waals surface area contributed by atoms with Crippen molar-refractivity contribution in [3.8, 4) is 11.4 Å². The summed E-state index contributed by atoms with van der Waals surface area (Å²) in [4.78, 5) is 36.5. The molecule has 198 valence electrons. The smallest absolute Gasteiger partial charge is 0.343 e. The van der Waals surface area contributed by atoms with E-state index < -0.39 is 11.6 Å². The van der Waals surface area contributed by atoms with Gasteiger partial charge < -0.3 is 19.2 Å². The fourth-order valence-corrected chi connectivity index (χ4v) is 6.08. The van der Waals surface area contributed by atoms with Crippen molar-refractivity contribution in [2.75, 3.05) is 6.61 Å². The van der Waals surface area contributed by atoms with Crippen molar-refractivity contribution < 1.29 is 19.5 Å². The summed E-state index contributed by atoms with van der Waals surface area (Å²) < 4.78 is 6.81. The Kier molecular flexibility index (Phi) is 6.51. The van der Waals surface area contributed by atoms with Gasteiger partial charge in [0.05, 0.1) is 35.2 Å². The summed E-state index contributed by atoms with van der Waals surface area (Å²) in [6.07, 6.45) is 10.7. The van der Waals surface area contributed by atoms with Crippen molar-refractivity contribution >= 4 is 23.1 Å². The molecule has 3 aromatic rings. The van der Waals surface area contributed by atoms with E-state index >= 15 is 0 Å². The Labute approximate surface area is 221 Å². The van der Waals surface area contributed by atoms with Gasteiger partial charge in [-0.05, 0) is 37.3 Å². The number of carbonyl (C=O) groups is 1. The number of rotatable bonds is 5. The molecule has 0 spiro atoms. The number of oxime groups is 1. The number of aromatic nitrogens is 2. The number of hydrogen-bond acceptors (Lipinski definition) is 7. The normalized spacial score (nSPS) is 21.5. The molecule has 6 rings (SSSR count). The van der Waals surface area contributed by atoms with Gasteiger partial charge in [0.25, 0.3) is 5.56 Å². The van der Waals surface area contributed by atoms with Gasteiger partial charge in [0, 0.05) is 22.1 Å². The summed E-state index contributed by atoms with van der Waals surface area (Å²) >= 11 is 0. The Morgan fingerprint density at radius 3 is 2.76 bits per heavy atom. The van der Waals surface area contributed by atoms with Crippen LogP contribution in [0, 0.1) is 5.92 Å². The summed E-state index contributed by atoms with van der Waals surface area (Å²) in [5.74, 6) is -0.166. The van der Waals surface area contributed by atoms with E-state index in [2.05, 4.69) is 5.16 Å². The van der Waals surface area contributed by atoms with Crippen molar-refractivity contribution in [2.24, 2.45) is 11.1 Å². The molecule has 3 aliphatic rings. The van der Waals surface area contributed by atoms with Gasteiger partial charge in [-0.3, -0.25) is 4.79 Å². The van der Waals surface area contributed by atoms with Crippen LogP contribution in [-0.2, 0) is 33.1 Å². The molecule has 8 heteroatoms. The van der Waals surface area contributed by atoms with E-state index in [1.807, 2.05) is 24.3 Å². The highest BCUT2D eigenvalue weighted by atomic mass is 16.6. The summed E-state index contributed by atoms with van der Waals surface area (Å²) in [6, 6.07) is 9.69. The van der Waals surface area contributed by atoms with Crippen LogP contribution in [0.2, 0.25) is 0 Å². The fourth-order valence-electron chi connectivity index (χ4n) is 6.08. The predicted octanol–water partition coefficient (Wildman–Crippen LogP) is 4.79. The van der Waals surface area contributed by atoms with Crippen LogP contribution >= 0.6 is 0 Å². The average molecular weight is 516 g/mol. The molecule has 1 aromatic carbocycles. The number of para-hydroxylation sites is 1. The van der Waals surface area contributed by atoms with Gasteiger partial charge in [-0.15, -0.1) is 0 Å². The van der Waals surface area contributed by atoms with Gasteiger partial charge in [0.1, 0.15) is 13.2 Å². The second-order valence-electron chi connectivity index (χ2n) is 10.8. The second-order valence-corrected chi connectivity index (χ2v) is 10.8. The lowest BCUT2D eigenvalue weighted by atomic mass is 9.86. The molecule has 0 radical (unpaired) electrons. The third-order valence-electron chi connectivity index (χ3n) is 8.37. The largest absolute Gasteiger partial charge is 0.458 e. The lowest BCUT2D eigenvalue weighted by Crippen LogP contribution is -2.44. The van der Waals surface area contributed by atoms with E-state index in [-0.39, 0.29) is 18.6 Å². The van der Waals surface area contributed by atoms with E-state index in [9.17, 15) is 14.7 Å². The lowest BCUT2D eigenvalue weighted by Gasteiger charge is -2.31. The first kappa shape index (κ1) is 24.8. The number of nitrogens with zero attached hydrogens (tertiary/aromatic N) is 3. The molecule has 1 N–H and O–H groups in total. The van der Waals surface area contributed by atoms with Gasteiger partial charge >= 0.3 is 5.97 Å². The Bertz CT molecular complexity index is 1490. The summed E-state index contributed by atoms with van der Waals surface area (Å²) in [6.45, 7) is 2.57. The van der Waals surface area contributed by atoms with Crippen LogP contribution < -0.4 is 5.56 Å². The molecule has 1 atom stereocenters. The molecular weight excluding hydrogens is 482 g/mol. The fraction of sp³-hybridized carbons (Fsp3) is 0.467. The number of hydrogen-bond donors (Lipinski definition) is 1. The first-order valence-electron chi connectivity index (χ1n) is 13.7. The number of ether oxygens (including phenoxy) is 1. The number of esters is 1. The molecule has 2 aliphatic heterocycles. The van der Waals surface area contributed by atoms with Crippen LogP contribution in [0.1, 0.15) is 80.5 Å². The maximum Gasteiger partial charge on any atom is 0.343 e.